The van der Waals surface area contributed by atoms with Gasteiger partial charge in [-0.2, -0.15) is 0 Å². The molecule has 4 aromatic rings. The summed E-state index contributed by atoms with van der Waals surface area (Å²) in [4.78, 5) is 0. The average Bonchev–Trinajstić information content (AvgIpc) is 3.34. The summed E-state index contributed by atoms with van der Waals surface area (Å²) in [6, 6.07) is 3.96. The number of phenolic OH excluding ortho intramolecular Hbond substituents is 4. The largest absolute Gasteiger partial charge is 0.504 e. The van der Waals surface area contributed by atoms with Gasteiger partial charge in [-0.1, -0.05) is 39.8 Å². The van der Waals surface area contributed by atoms with Crippen LogP contribution in [0.1, 0.15) is 85.4 Å². The molecule has 0 spiro atoms. The van der Waals surface area contributed by atoms with Crippen LogP contribution in [0.5, 0.6) is 34.5 Å². The van der Waals surface area contributed by atoms with E-state index in [-0.39, 0.29) is 34.8 Å². The van der Waals surface area contributed by atoms with E-state index in [1.165, 1.54) is 0 Å². The van der Waals surface area contributed by atoms with Crippen molar-refractivity contribution in [1.82, 2.24) is 0 Å². The minimum absolute atomic E-state index is 0.0704. The molecule has 8 nitrogen and oxygen atoms in total. The van der Waals surface area contributed by atoms with Crippen LogP contribution in [-0.2, 0) is 0 Å². The van der Waals surface area contributed by atoms with Crippen LogP contribution >= 0.6 is 0 Å². The first-order valence-corrected chi connectivity index (χ1v) is 12.8. The van der Waals surface area contributed by atoms with E-state index in [9.17, 15) is 20.4 Å². The van der Waals surface area contributed by atoms with Crippen molar-refractivity contribution in [2.75, 3.05) is 0 Å². The lowest BCUT2D eigenvalue weighted by molar-refractivity contribution is 0.225. The van der Waals surface area contributed by atoms with Gasteiger partial charge in [-0.05, 0) is 47.6 Å². The van der Waals surface area contributed by atoms with Crippen LogP contribution in [0.15, 0.2) is 12.1 Å². The van der Waals surface area contributed by atoms with Gasteiger partial charge in [-0.25, -0.2) is 0 Å². The molecule has 2 aliphatic rings. The molecule has 8 N–H and O–H groups in total. The summed E-state index contributed by atoms with van der Waals surface area (Å²) < 4.78 is 12.4. The molecule has 0 fully saturated rings. The highest BCUT2D eigenvalue weighted by molar-refractivity contribution is 6.10. The Bertz CT molecular complexity index is 1600. The maximum absolute atomic E-state index is 10.9. The van der Waals surface area contributed by atoms with Gasteiger partial charge in [0.15, 0.2) is 35.5 Å². The van der Waals surface area contributed by atoms with Gasteiger partial charge in [0.25, 0.3) is 0 Å². The van der Waals surface area contributed by atoms with Gasteiger partial charge in [0.1, 0.15) is 11.5 Å². The normalized spacial score (nSPS) is 17.7. The van der Waals surface area contributed by atoms with Gasteiger partial charge in [0.05, 0.1) is 11.1 Å². The number of aryl methyl sites for hydroxylation is 2. The number of benzene rings is 4. The number of hydrogen-bond donors (Lipinski definition) is 6. The number of hydrogen-bond acceptors (Lipinski definition) is 8. The quantitative estimate of drug-likeness (QED) is 0.180. The number of phenols is 4. The molecule has 0 amide bonds. The smallest absolute Gasteiger partial charge is 0.178 e. The highest BCUT2D eigenvalue weighted by atomic mass is 16.5. The van der Waals surface area contributed by atoms with Crippen molar-refractivity contribution >= 4 is 21.5 Å². The van der Waals surface area contributed by atoms with Crippen LogP contribution < -0.4 is 20.9 Å². The molecule has 2 heterocycles. The molecule has 0 saturated heterocycles. The molecule has 4 aromatic carbocycles. The molecule has 2 atom stereocenters. The zero-order valence-electron chi connectivity index (χ0n) is 22.2. The van der Waals surface area contributed by atoms with Gasteiger partial charge in [-0.3, -0.25) is 11.5 Å². The Morgan fingerprint density at radius 3 is 1.29 bits per heavy atom. The van der Waals surface area contributed by atoms with Crippen LogP contribution in [0.4, 0.5) is 0 Å². The number of ether oxygens (including phenoxy) is 2. The van der Waals surface area contributed by atoms with Crippen LogP contribution in [0.25, 0.3) is 32.7 Å². The summed E-state index contributed by atoms with van der Waals surface area (Å²) in [5, 5.41) is 46.4. The fourth-order valence-corrected chi connectivity index (χ4v) is 6.49. The Hall–Kier alpha value is -3.88. The monoisotopic (exact) mass is 516 g/mol. The topological polar surface area (TPSA) is 151 Å². The lowest BCUT2D eigenvalue weighted by Gasteiger charge is -2.21. The lowest BCUT2D eigenvalue weighted by atomic mass is 9.84. The van der Waals surface area contributed by atoms with E-state index in [0.29, 0.717) is 44.5 Å². The van der Waals surface area contributed by atoms with Crippen molar-refractivity contribution in [3.05, 3.63) is 45.5 Å². The summed E-state index contributed by atoms with van der Waals surface area (Å²) >= 11 is 0. The molecule has 0 aromatic heterocycles. The second-order valence-electron chi connectivity index (χ2n) is 11.1. The number of rotatable bonds is 3. The molecule has 2 aliphatic heterocycles. The fourth-order valence-electron chi connectivity index (χ4n) is 6.49. The van der Waals surface area contributed by atoms with Crippen molar-refractivity contribution < 1.29 is 29.9 Å². The summed E-state index contributed by atoms with van der Waals surface area (Å²) in [7, 11) is 0. The highest BCUT2D eigenvalue weighted by Gasteiger charge is 2.39. The number of nitrogens with two attached hydrogens (primary N) is 2. The minimum Gasteiger partial charge on any atom is -0.504 e. The van der Waals surface area contributed by atoms with Gasteiger partial charge >= 0.3 is 0 Å². The summed E-state index contributed by atoms with van der Waals surface area (Å²) in [5.74, 6) is -0.0610. The first kappa shape index (κ1) is 24.5. The number of aromatic hydroxyl groups is 4. The zero-order valence-corrected chi connectivity index (χ0v) is 22.2. The molecule has 198 valence electrons. The van der Waals surface area contributed by atoms with E-state index in [0.717, 1.165) is 33.0 Å². The second kappa shape index (κ2) is 7.82. The molecule has 0 bridgehead atoms. The lowest BCUT2D eigenvalue weighted by Crippen LogP contribution is -2.14. The third kappa shape index (κ3) is 2.87. The summed E-state index contributed by atoms with van der Waals surface area (Å²) in [6.45, 7) is 11.7. The van der Waals surface area contributed by atoms with Crippen molar-refractivity contribution in [2.24, 2.45) is 11.5 Å². The maximum Gasteiger partial charge on any atom is 0.178 e. The van der Waals surface area contributed by atoms with Crippen molar-refractivity contribution in [3.63, 3.8) is 0 Å². The second-order valence-corrected chi connectivity index (χ2v) is 11.1. The third-order valence-electron chi connectivity index (χ3n) is 8.01. The van der Waals surface area contributed by atoms with E-state index < -0.39 is 12.5 Å². The van der Waals surface area contributed by atoms with E-state index >= 15 is 0 Å². The SMILES string of the molecule is Cc1cc2c(C(C)C)c(O)c(O)c3c2c(c1-c1c(C)cc2c(C(C)C)c(O)c(O)c4c2c1O[C@@H]4N)O[C@@H]3N. The zero-order chi connectivity index (χ0) is 27.5. The van der Waals surface area contributed by atoms with E-state index in [2.05, 4.69) is 0 Å². The molecule has 0 saturated carbocycles. The average molecular weight is 517 g/mol. The Labute approximate surface area is 220 Å². The maximum atomic E-state index is 10.9. The van der Waals surface area contributed by atoms with E-state index in [1.54, 1.807) is 0 Å². The fraction of sp³-hybridized carbons (Fsp3) is 0.333. The predicted molar refractivity (Wildman–Crippen MR) is 146 cm³/mol. The summed E-state index contributed by atoms with van der Waals surface area (Å²) in [5.41, 5.74) is 17.8. The molecule has 0 radical (unpaired) electrons. The van der Waals surface area contributed by atoms with Crippen molar-refractivity contribution in [2.45, 2.75) is 65.8 Å². The Kier molecular flexibility index (Phi) is 5.03. The van der Waals surface area contributed by atoms with Crippen LogP contribution in [0.3, 0.4) is 0 Å². The summed E-state index contributed by atoms with van der Waals surface area (Å²) in [6.07, 6.45) is -1.94. The van der Waals surface area contributed by atoms with Gasteiger partial charge in [-0.15, -0.1) is 0 Å². The van der Waals surface area contributed by atoms with E-state index in [4.69, 9.17) is 20.9 Å². The molecule has 8 heteroatoms. The van der Waals surface area contributed by atoms with Crippen molar-refractivity contribution in [1.29, 1.82) is 0 Å². The van der Waals surface area contributed by atoms with Crippen molar-refractivity contribution in [3.8, 4) is 45.6 Å². The Morgan fingerprint density at radius 2 is 0.974 bits per heavy atom. The van der Waals surface area contributed by atoms with E-state index in [1.807, 2.05) is 53.7 Å². The first-order chi connectivity index (χ1) is 17.9. The van der Waals surface area contributed by atoms with Crippen LogP contribution in [0, 0.1) is 13.8 Å². The molecule has 0 unspecified atom stereocenters. The Morgan fingerprint density at radius 1 is 0.632 bits per heavy atom. The molecular weight excluding hydrogens is 484 g/mol. The van der Waals surface area contributed by atoms with Gasteiger partial charge in [0, 0.05) is 33.0 Å². The standard InChI is InChI=1S/C30H32N2O6/c1-9(2)15-13-7-11(5)17(27-19(13)21(29(31)37-27)25(35)23(15)33)18-12(6)8-14-16(10(3)4)24(34)26(36)22-20(14)28(18)38-30(22)32/h7-10,29-30,33-36H,31-32H2,1-6H3/t29-,30-/m0/s1. The minimum atomic E-state index is -0.971. The van der Waals surface area contributed by atoms with Crippen LogP contribution in [0.2, 0.25) is 0 Å². The first-order valence-electron chi connectivity index (χ1n) is 12.8. The third-order valence-corrected chi connectivity index (χ3v) is 8.01. The Balaban J connectivity index is 1.79. The molecule has 6 rings (SSSR count). The van der Waals surface area contributed by atoms with Crippen LogP contribution in [-0.4, -0.2) is 20.4 Å². The van der Waals surface area contributed by atoms with Gasteiger partial charge in [0.2, 0.25) is 0 Å². The molecule has 38 heavy (non-hydrogen) atoms. The molecular formula is C30H32N2O6. The highest BCUT2D eigenvalue weighted by Crippen LogP contribution is 2.60. The molecule has 0 aliphatic carbocycles. The van der Waals surface area contributed by atoms with Gasteiger partial charge < -0.3 is 29.9 Å². The predicted octanol–water partition coefficient (Wildman–Crippen LogP) is 6.05.